The molecule has 2 N–H and O–H groups in total. The lowest BCUT2D eigenvalue weighted by molar-refractivity contribution is -0.0880. The molecule has 0 aliphatic carbocycles. The summed E-state index contributed by atoms with van der Waals surface area (Å²) in [5, 5.41) is 0. The Bertz CT molecular complexity index is 76.8. The summed E-state index contributed by atoms with van der Waals surface area (Å²) in [5.74, 6) is 0. The first-order valence-corrected chi connectivity index (χ1v) is 2.73. The van der Waals surface area contributed by atoms with Crippen LogP contribution in [0.3, 0.4) is 0 Å². The summed E-state index contributed by atoms with van der Waals surface area (Å²) in [6.07, 6.45) is 0.779. The third kappa shape index (κ3) is 1.18. The van der Waals surface area contributed by atoms with Crippen LogP contribution >= 0.6 is 0 Å². The zero-order valence-electron chi connectivity index (χ0n) is 4.96. The molecule has 0 radical (unpaired) electrons. The molecule has 48 valence electrons. The van der Waals surface area contributed by atoms with Crippen LogP contribution in [0, 0.1) is 0 Å². The van der Waals surface area contributed by atoms with Crippen molar-refractivity contribution in [2.75, 3.05) is 13.7 Å². The molecule has 1 aliphatic heterocycles. The SMILES string of the molecule is COC1CC(N)CO1. The second-order valence-corrected chi connectivity index (χ2v) is 1.99. The van der Waals surface area contributed by atoms with Crippen LogP contribution in [-0.4, -0.2) is 26.0 Å². The lowest BCUT2D eigenvalue weighted by Gasteiger charge is -2.03. The highest BCUT2D eigenvalue weighted by atomic mass is 16.7. The van der Waals surface area contributed by atoms with Crippen LogP contribution in [0.15, 0.2) is 0 Å². The molecule has 3 heteroatoms. The van der Waals surface area contributed by atoms with Crippen LogP contribution in [-0.2, 0) is 9.47 Å². The van der Waals surface area contributed by atoms with Gasteiger partial charge in [-0.05, 0) is 0 Å². The number of methoxy groups -OCH3 is 1. The van der Waals surface area contributed by atoms with Gasteiger partial charge >= 0.3 is 0 Å². The summed E-state index contributed by atoms with van der Waals surface area (Å²) >= 11 is 0. The standard InChI is InChI=1S/C5H11NO2/c1-7-5-2-4(6)3-8-5/h4-5H,2-3,6H2,1H3. The molecule has 0 aromatic carbocycles. The van der Waals surface area contributed by atoms with Gasteiger partial charge in [-0.1, -0.05) is 0 Å². The van der Waals surface area contributed by atoms with Crippen molar-refractivity contribution in [3.05, 3.63) is 0 Å². The van der Waals surface area contributed by atoms with Crippen LogP contribution in [0.2, 0.25) is 0 Å². The average Bonchev–Trinajstić information content (AvgIpc) is 2.14. The Morgan fingerprint density at radius 1 is 1.75 bits per heavy atom. The van der Waals surface area contributed by atoms with E-state index < -0.39 is 0 Å². The van der Waals surface area contributed by atoms with Crippen LogP contribution in [0.5, 0.6) is 0 Å². The van der Waals surface area contributed by atoms with Crippen LogP contribution in [0.25, 0.3) is 0 Å². The number of hydrogen-bond donors (Lipinski definition) is 1. The minimum absolute atomic E-state index is 0.0509. The predicted octanol–water partition coefficient (Wildman–Crippen LogP) is -0.294. The summed E-state index contributed by atoms with van der Waals surface area (Å²) in [6.45, 7) is 0.637. The fourth-order valence-corrected chi connectivity index (χ4v) is 0.778. The van der Waals surface area contributed by atoms with Crippen molar-refractivity contribution < 1.29 is 9.47 Å². The molecular weight excluding hydrogens is 106 g/mol. The van der Waals surface area contributed by atoms with Gasteiger partial charge in [-0.2, -0.15) is 0 Å². The molecule has 0 aromatic rings. The number of hydrogen-bond acceptors (Lipinski definition) is 3. The number of rotatable bonds is 1. The first kappa shape index (κ1) is 6.01. The molecule has 3 nitrogen and oxygen atoms in total. The van der Waals surface area contributed by atoms with E-state index in [-0.39, 0.29) is 12.3 Å². The van der Waals surface area contributed by atoms with Crippen molar-refractivity contribution >= 4 is 0 Å². The third-order valence-electron chi connectivity index (χ3n) is 1.25. The van der Waals surface area contributed by atoms with Crippen molar-refractivity contribution in [3.8, 4) is 0 Å². The quantitative estimate of drug-likeness (QED) is 0.513. The van der Waals surface area contributed by atoms with Crippen molar-refractivity contribution in [3.63, 3.8) is 0 Å². The first-order chi connectivity index (χ1) is 3.83. The van der Waals surface area contributed by atoms with E-state index in [2.05, 4.69) is 0 Å². The van der Waals surface area contributed by atoms with E-state index in [1.54, 1.807) is 7.11 Å². The third-order valence-corrected chi connectivity index (χ3v) is 1.25. The van der Waals surface area contributed by atoms with Gasteiger partial charge in [0.15, 0.2) is 6.29 Å². The van der Waals surface area contributed by atoms with Crippen molar-refractivity contribution in [2.45, 2.75) is 18.8 Å². The maximum Gasteiger partial charge on any atom is 0.158 e. The first-order valence-electron chi connectivity index (χ1n) is 2.73. The largest absolute Gasteiger partial charge is 0.356 e. The van der Waals surface area contributed by atoms with Gasteiger partial charge in [-0.3, -0.25) is 0 Å². The molecule has 8 heavy (non-hydrogen) atoms. The van der Waals surface area contributed by atoms with Crippen molar-refractivity contribution in [1.82, 2.24) is 0 Å². The van der Waals surface area contributed by atoms with Gasteiger partial charge in [0, 0.05) is 19.6 Å². The highest BCUT2D eigenvalue weighted by Gasteiger charge is 2.20. The Morgan fingerprint density at radius 3 is 2.75 bits per heavy atom. The monoisotopic (exact) mass is 117 g/mol. The molecule has 0 spiro atoms. The molecule has 1 heterocycles. The van der Waals surface area contributed by atoms with Crippen molar-refractivity contribution in [1.29, 1.82) is 0 Å². The summed E-state index contributed by atoms with van der Waals surface area (Å²) in [6, 6.07) is 0.181. The van der Waals surface area contributed by atoms with Gasteiger partial charge in [-0.15, -0.1) is 0 Å². The maximum atomic E-state index is 5.50. The van der Waals surface area contributed by atoms with E-state index in [0.717, 1.165) is 6.42 Å². The Labute approximate surface area is 48.8 Å². The van der Waals surface area contributed by atoms with Gasteiger partial charge in [0.25, 0.3) is 0 Å². The van der Waals surface area contributed by atoms with Crippen LogP contribution in [0.4, 0.5) is 0 Å². The molecule has 1 rings (SSSR count). The summed E-state index contributed by atoms with van der Waals surface area (Å²) in [7, 11) is 1.63. The predicted molar refractivity (Wildman–Crippen MR) is 29.3 cm³/mol. The van der Waals surface area contributed by atoms with Gasteiger partial charge < -0.3 is 15.2 Å². The second kappa shape index (κ2) is 2.44. The molecule has 2 unspecified atom stereocenters. The van der Waals surface area contributed by atoms with E-state index in [9.17, 15) is 0 Å². The van der Waals surface area contributed by atoms with E-state index >= 15 is 0 Å². The van der Waals surface area contributed by atoms with Gasteiger partial charge in [0.1, 0.15) is 0 Å². The molecule has 0 saturated carbocycles. The fraction of sp³-hybridized carbons (Fsp3) is 1.00. The normalized spacial score (nSPS) is 38.2. The lowest BCUT2D eigenvalue weighted by atomic mass is 10.3. The average molecular weight is 117 g/mol. The Morgan fingerprint density at radius 2 is 2.50 bits per heavy atom. The van der Waals surface area contributed by atoms with Gasteiger partial charge in [-0.25, -0.2) is 0 Å². The Balaban J connectivity index is 2.22. The fourth-order valence-electron chi connectivity index (χ4n) is 0.778. The minimum Gasteiger partial charge on any atom is -0.356 e. The highest BCUT2D eigenvalue weighted by Crippen LogP contribution is 2.10. The minimum atomic E-state index is -0.0509. The molecule has 1 aliphatic rings. The summed E-state index contributed by atoms with van der Waals surface area (Å²) in [4.78, 5) is 0. The van der Waals surface area contributed by atoms with E-state index in [0.29, 0.717) is 6.61 Å². The van der Waals surface area contributed by atoms with E-state index in [4.69, 9.17) is 15.2 Å². The summed E-state index contributed by atoms with van der Waals surface area (Å²) in [5.41, 5.74) is 5.50. The lowest BCUT2D eigenvalue weighted by Crippen LogP contribution is -2.19. The smallest absolute Gasteiger partial charge is 0.158 e. The van der Waals surface area contributed by atoms with Gasteiger partial charge in [0.05, 0.1) is 6.61 Å². The van der Waals surface area contributed by atoms with Gasteiger partial charge in [0.2, 0.25) is 0 Å². The molecule has 0 amide bonds. The summed E-state index contributed by atoms with van der Waals surface area (Å²) < 4.78 is 9.95. The van der Waals surface area contributed by atoms with Crippen LogP contribution in [0.1, 0.15) is 6.42 Å². The molecule has 2 atom stereocenters. The molecule has 1 fully saturated rings. The maximum absolute atomic E-state index is 5.50. The molecule has 1 saturated heterocycles. The van der Waals surface area contributed by atoms with E-state index in [1.807, 2.05) is 0 Å². The van der Waals surface area contributed by atoms with Crippen molar-refractivity contribution in [2.24, 2.45) is 5.73 Å². The Kier molecular flexibility index (Phi) is 1.83. The number of nitrogens with two attached hydrogens (primary N) is 1. The number of ether oxygens (including phenoxy) is 2. The zero-order chi connectivity index (χ0) is 5.98. The van der Waals surface area contributed by atoms with Crippen LogP contribution < -0.4 is 5.73 Å². The highest BCUT2D eigenvalue weighted by molar-refractivity contribution is 4.68. The van der Waals surface area contributed by atoms with E-state index in [1.165, 1.54) is 0 Å². The molecular formula is C5H11NO2. The molecule has 0 bridgehead atoms. The Hall–Kier alpha value is -0.120. The molecule has 0 aromatic heterocycles. The topological polar surface area (TPSA) is 44.5 Å². The zero-order valence-corrected chi connectivity index (χ0v) is 4.96. The second-order valence-electron chi connectivity index (χ2n) is 1.99.